The summed E-state index contributed by atoms with van der Waals surface area (Å²) in [4.78, 5) is 46.9. The van der Waals surface area contributed by atoms with E-state index < -0.39 is 17.9 Å². The van der Waals surface area contributed by atoms with Crippen molar-refractivity contribution in [3.8, 4) is 0 Å². The maximum Gasteiger partial charge on any atom is 0.326 e. The van der Waals surface area contributed by atoms with Crippen LogP contribution in [0.15, 0.2) is 47.4 Å². The van der Waals surface area contributed by atoms with E-state index in [1.165, 1.54) is 34.9 Å². The average molecular weight is 371 g/mol. The van der Waals surface area contributed by atoms with Crippen LogP contribution in [0.25, 0.3) is 0 Å². The Morgan fingerprint density at radius 2 is 1.81 bits per heavy atom. The lowest BCUT2D eigenvalue weighted by Gasteiger charge is -2.12. The molecule has 0 radical (unpaired) electrons. The predicted molar refractivity (Wildman–Crippen MR) is 99.7 cm³/mol. The first-order valence-electron chi connectivity index (χ1n) is 8.41. The summed E-state index contributed by atoms with van der Waals surface area (Å²) in [5, 5.41) is 14.0. The quantitative estimate of drug-likeness (QED) is 0.680. The van der Waals surface area contributed by atoms with Crippen LogP contribution in [0.5, 0.6) is 0 Å². The van der Waals surface area contributed by atoms with Crippen LogP contribution in [-0.2, 0) is 16.1 Å². The number of aliphatic carboxylic acids is 1. The average Bonchev–Trinajstić information content (AvgIpc) is 2.62. The highest BCUT2D eigenvalue weighted by molar-refractivity contribution is 5.97. The number of benzene rings is 1. The maximum absolute atomic E-state index is 12.1. The molecule has 0 saturated heterocycles. The van der Waals surface area contributed by atoms with E-state index >= 15 is 0 Å². The van der Waals surface area contributed by atoms with Gasteiger partial charge < -0.3 is 20.3 Å². The van der Waals surface area contributed by atoms with E-state index in [1.807, 2.05) is 0 Å². The van der Waals surface area contributed by atoms with Crippen molar-refractivity contribution in [1.82, 2.24) is 9.88 Å². The van der Waals surface area contributed by atoms with Gasteiger partial charge in [0, 0.05) is 23.5 Å². The fourth-order valence-corrected chi connectivity index (χ4v) is 2.38. The van der Waals surface area contributed by atoms with Gasteiger partial charge in [0.2, 0.25) is 5.91 Å². The molecule has 8 heteroatoms. The molecule has 2 rings (SSSR count). The fraction of sp³-hybridized carbons (Fsp3) is 0.263. The number of carboxylic acids is 1. The zero-order valence-corrected chi connectivity index (χ0v) is 15.1. The lowest BCUT2D eigenvalue weighted by atomic mass is 10.1. The van der Waals surface area contributed by atoms with Gasteiger partial charge in [-0.1, -0.05) is 6.92 Å². The van der Waals surface area contributed by atoms with Crippen molar-refractivity contribution in [2.75, 3.05) is 5.32 Å². The molecule has 1 atom stereocenters. The van der Waals surface area contributed by atoms with E-state index in [9.17, 15) is 19.2 Å². The number of amides is 2. The Hall–Kier alpha value is -3.42. The van der Waals surface area contributed by atoms with Crippen molar-refractivity contribution in [3.05, 3.63) is 64.1 Å². The standard InChI is InChI=1S/C19H21N3O5/c1-3-15(19(26)27)21-18(25)13-4-6-14(7-5-13)20-16(23)11-22-9-8-12(2)10-17(22)24/h4-10,15H,3,11H2,1-2H3,(H,20,23)(H,21,25)(H,26,27). The Balaban J connectivity index is 1.98. The molecule has 1 aromatic carbocycles. The number of rotatable bonds is 7. The van der Waals surface area contributed by atoms with Gasteiger partial charge in [-0.3, -0.25) is 14.4 Å². The number of pyridine rings is 1. The Morgan fingerprint density at radius 3 is 2.37 bits per heavy atom. The van der Waals surface area contributed by atoms with Crippen LogP contribution in [-0.4, -0.2) is 33.5 Å². The van der Waals surface area contributed by atoms with Crippen LogP contribution in [0.2, 0.25) is 0 Å². The van der Waals surface area contributed by atoms with Gasteiger partial charge in [0.15, 0.2) is 0 Å². The third kappa shape index (κ3) is 5.53. The molecule has 27 heavy (non-hydrogen) atoms. The number of aromatic nitrogens is 1. The fourth-order valence-electron chi connectivity index (χ4n) is 2.38. The molecule has 1 aromatic heterocycles. The Kier molecular flexibility index (Phi) is 6.48. The second-order valence-corrected chi connectivity index (χ2v) is 6.07. The Morgan fingerprint density at radius 1 is 1.15 bits per heavy atom. The minimum atomic E-state index is -1.10. The molecule has 0 saturated carbocycles. The van der Waals surface area contributed by atoms with Crippen molar-refractivity contribution in [3.63, 3.8) is 0 Å². The number of anilines is 1. The maximum atomic E-state index is 12.1. The van der Waals surface area contributed by atoms with Crippen LogP contribution in [0.4, 0.5) is 5.69 Å². The number of aryl methyl sites for hydroxylation is 1. The highest BCUT2D eigenvalue weighted by Gasteiger charge is 2.18. The number of carbonyl (C=O) groups excluding carboxylic acids is 2. The summed E-state index contributed by atoms with van der Waals surface area (Å²) in [6, 6.07) is 8.27. The zero-order chi connectivity index (χ0) is 20.0. The van der Waals surface area contributed by atoms with Gasteiger partial charge in [-0.25, -0.2) is 4.79 Å². The summed E-state index contributed by atoms with van der Waals surface area (Å²) in [6.45, 7) is 3.33. The summed E-state index contributed by atoms with van der Waals surface area (Å²) < 4.78 is 1.29. The van der Waals surface area contributed by atoms with Crippen molar-refractivity contribution in [2.24, 2.45) is 0 Å². The second-order valence-electron chi connectivity index (χ2n) is 6.07. The molecule has 0 bridgehead atoms. The smallest absolute Gasteiger partial charge is 0.326 e. The van der Waals surface area contributed by atoms with Crippen molar-refractivity contribution in [2.45, 2.75) is 32.9 Å². The number of nitrogens with one attached hydrogen (secondary N) is 2. The van der Waals surface area contributed by atoms with Gasteiger partial charge in [-0.15, -0.1) is 0 Å². The van der Waals surface area contributed by atoms with Crippen molar-refractivity contribution < 1.29 is 19.5 Å². The Bertz CT molecular complexity index is 902. The minimum Gasteiger partial charge on any atom is -0.480 e. The first kappa shape index (κ1) is 19.9. The molecule has 0 spiro atoms. The molecule has 142 valence electrons. The molecule has 2 aromatic rings. The lowest BCUT2D eigenvalue weighted by molar-refractivity contribution is -0.139. The van der Waals surface area contributed by atoms with E-state index in [0.29, 0.717) is 5.69 Å². The van der Waals surface area contributed by atoms with E-state index in [0.717, 1.165) is 5.56 Å². The van der Waals surface area contributed by atoms with Gasteiger partial charge >= 0.3 is 5.97 Å². The van der Waals surface area contributed by atoms with Crippen LogP contribution in [0.1, 0.15) is 29.3 Å². The molecule has 1 unspecified atom stereocenters. The third-order valence-electron chi connectivity index (χ3n) is 3.91. The van der Waals surface area contributed by atoms with Crippen molar-refractivity contribution >= 4 is 23.5 Å². The topological polar surface area (TPSA) is 118 Å². The SMILES string of the molecule is CCC(NC(=O)c1ccc(NC(=O)Cn2ccc(C)cc2=O)cc1)C(=O)O. The summed E-state index contributed by atoms with van der Waals surface area (Å²) in [5.41, 5.74) is 1.30. The van der Waals surface area contributed by atoms with E-state index in [1.54, 1.807) is 26.1 Å². The van der Waals surface area contributed by atoms with Gasteiger partial charge in [0.05, 0.1) is 0 Å². The van der Waals surface area contributed by atoms with Gasteiger partial charge in [0.25, 0.3) is 11.5 Å². The van der Waals surface area contributed by atoms with Crippen LogP contribution < -0.4 is 16.2 Å². The van der Waals surface area contributed by atoms with Crippen molar-refractivity contribution in [1.29, 1.82) is 0 Å². The molecular formula is C19H21N3O5. The third-order valence-corrected chi connectivity index (χ3v) is 3.91. The first-order valence-corrected chi connectivity index (χ1v) is 8.41. The first-order chi connectivity index (χ1) is 12.8. The summed E-state index contributed by atoms with van der Waals surface area (Å²) in [7, 11) is 0. The molecule has 2 amide bonds. The largest absolute Gasteiger partial charge is 0.480 e. The van der Waals surface area contributed by atoms with Crippen LogP contribution in [0.3, 0.4) is 0 Å². The molecule has 8 nitrogen and oxygen atoms in total. The lowest BCUT2D eigenvalue weighted by Crippen LogP contribution is -2.40. The summed E-state index contributed by atoms with van der Waals surface area (Å²) in [6.07, 6.45) is 1.82. The number of carbonyl (C=O) groups is 3. The molecular weight excluding hydrogens is 350 g/mol. The normalized spacial score (nSPS) is 11.5. The van der Waals surface area contributed by atoms with Crippen LogP contribution >= 0.6 is 0 Å². The summed E-state index contributed by atoms with van der Waals surface area (Å²) >= 11 is 0. The monoisotopic (exact) mass is 371 g/mol. The minimum absolute atomic E-state index is 0.127. The highest BCUT2D eigenvalue weighted by atomic mass is 16.4. The molecule has 0 aliphatic carbocycles. The van der Waals surface area contributed by atoms with Gasteiger partial charge in [-0.2, -0.15) is 0 Å². The molecule has 3 N–H and O–H groups in total. The number of hydrogen-bond acceptors (Lipinski definition) is 4. The number of nitrogens with zero attached hydrogens (tertiary/aromatic N) is 1. The summed E-state index contributed by atoms with van der Waals surface area (Å²) in [5.74, 6) is -1.98. The zero-order valence-electron chi connectivity index (χ0n) is 15.1. The van der Waals surface area contributed by atoms with E-state index in [-0.39, 0.29) is 30.0 Å². The van der Waals surface area contributed by atoms with Gasteiger partial charge in [-0.05, 0) is 49.2 Å². The van der Waals surface area contributed by atoms with Gasteiger partial charge in [0.1, 0.15) is 12.6 Å². The number of carboxylic acid groups (broad SMARTS) is 1. The van der Waals surface area contributed by atoms with E-state index in [4.69, 9.17) is 5.11 Å². The van der Waals surface area contributed by atoms with Crippen LogP contribution in [0, 0.1) is 6.92 Å². The molecule has 0 aliphatic heterocycles. The predicted octanol–water partition coefficient (Wildman–Crippen LogP) is 1.39. The Labute approximate surface area is 155 Å². The number of hydrogen-bond donors (Lipinski definition) is 3. The second kappa shape index (κ2) is 8.79. The van der Waals surface area contributed by atoms with E-state index in [2.05, 4.69) is 10.6 Å². The highest BCUT2D eigenvalue weighted by Crippen LogP contribution is 2.10. The molecule has 1 heterocycles. The molecule has 0 aliphatic rings. The molecule has 0 fully saturated rings.